The van der Waals surface area contributed by atoms with Crippen molar-refractivity contribution in [2.45, 2.75) is 59.3 Å². The Labute approximate surface area is 129 Å². The lowest BCUT2D eigenvalue weighted by molar-refractivity contribution is 0.259. The molecule has 0 saturated carbocycles. The molecule has 3 nitrogen and oxygen atoms in total. The average Bonchev–Trinajstić information content (AvgIpc) is 2.46. The monoisotopic (exact) mass is 312 g/mol. The standard InChI is InChI=1S/C17H29O3P/c1-5-7-13-19-21(18,14-8-6-2)20-17-11-9-16(10-12-17)15(3)4/h9-12,15H,5-8,13-14H2,1-4H3. The van der Waals surface area contributed by atoms with Crippen molar-refractivity contribution in [3.05, 3.63) is 29.8 Å². The van der Waals surface area contributed by atoms with Gasteiger partial charge in [-0.25, -0.2) is 4.57 Å². The molecular weight excluding hydrogens is 283 g/mol. The van der Waals surface area contributed by atoms with Gasteiger partial charge < -0.3 is 4.52 Å². The summed E-state index contributed by atoms with van der Waals surface area (Å²) in [5.41, 5.74) is 1.25. The molecule has 0 radical (unpaired) electrons. The van der Waals surface area contributed by atoms with Crippen LogP contribution in [0.4, 0.5) is 0 Å². The van der Waals surface area contributed by atoms with Crippen molar-refractivity contribution in [2.24, 2.45) is 0 Å². The first-order valence-electron chi connectivity index (χ1n) is 8.04. The topological polar surface area (TPSA) is 35.5 Å². The maximum absolute atomic E-state index is 12.8. The Morgan fingerprint density at radius 2 is 1.67 bits per heavy atom. The molecule has 0 aromatic heterocycles. The van der Waals surface area contributed by atoms with Gasteiger partial charge in [0.15, 0.2) is 0 Å². The van der Waals surface area contributed by atoms with Crippen molar-refractivity contribution in [3.8, 4) is 5.75 Å². The second kappa shape index (κ2) is 9.27. The van der Waals surface area contributed by atoms with E-state index in [-0.39, 0.29) is 0 Å². The van der Waals surface area contributed by atoms with E-state index in [2.05, 4.69) is 27.7 Å². The van der Waals surface area contributed by atoms with Crippen molar-refractivity contribution in [3.63, 3.8) is 0 Å². The van der Waals surface area contributed by atoms with Gasteiger partial charge in [-0.2, -0.15) is 0 Å². The molecule has 0 heterocycles. The van der Waals surface area contributed by atoms with Crippen LogP contribution in [0, 0.1) is 0 Å². The number of rotatable bonds is 10. The SMILES string of the molecule is CCCCOP(=O)(CCCC)Oc1ccc(C(C)C)cc1. The largest absolute Gasteiger partial charge is 0.424 e. The maximum Gasteiger partial charge on any atom is 0.379 e. The summed E-state index contributed by atoms with van der Waals surface area (Å²) in [7, 11) is -3.03. The minimum absolute atomic E-state index is 0.478. The van der Waals surface area contributed by atoms with Crippen molar-refractivity contribution < 1.29 is 13.6 Å². The summed E-state index contributed by atoms with van der Waals surface area (Å²) < 4.78 is 24.1. The van der Waals surface area contributed by atoms with E-state index >= 15 is 0 Å². The minimum atomic E-state index is -3.03. The molecule has 0 fully saturated rings. The van der Waals surface area contributed by atoms with Crippen LogP contribution in [0.5, 0.6) is 5.75 Å². The molecule has 0 aliphatic rings. The first-order chi connectivity index (χ1) is 10.0. The second-order valence-corrected chi connectivity index (χ2v) is 7.80. The zero-order chi connectivity index (χ0) is 15.7. The van der Waals surface area contributed by atoms with E-state index in [1.807, 2.05) is 24.3 Å². The lowest BCUT2D eigenvalue weighted by Crippen LogP contribution is -2.04. The van der Waals surface area contributed by atoms with Crippen LogP contribution in [0.1, 0.15) is 64.9 Å². The summed E-state index contributed by atoms with van der Waals surface area (Å²) in [5, 5.41) is 0. The molecule has 0 aliphatic heterocycles. The number of hydrogen-bond acceptors (Lipinski definition) is 3. The van der Waals surface area contributed by atoms with Gasteiger partial charge in [-0.3, -0.25) is 4.52 Å². The fraction of sp³-hybridized carbons (Fsp3) is 0.647. The minimum Gasteiger partial charge on any atom is -0.424 e. The highest BCUT2D eigenvalue weighted by Crippen LogP contribution is 2.49. The lowest BCUT2D eigenvalue weighted by atomic mass is 10.0. The Morgan fingerprint density at radius 1 is 1.05 bits per heavy atom. The smallest absolute Gasteiger partial charge is 0.379 e. The summed E-state index contributed by atoms with van der Waals surface area (Å²) in [4.78, 5) is 0. The van der Waals surface area contributed by atoms with Crippen LogP contribution in [0.3, 0.4) is 0 Å². The van der Waals surface area contributed by atoms with Crippen LogP contribution >= 0.6 is 7.60 Å². The van der Waals surface area contributed by atoms with Crippen LogP contribution < -0.4 is 4.52 Å². The Balaban J connectivity index is 2.72. The molecule has 1 aromatic carbocycles. The predicted molar refractivity (Wildman–Crippen MR) is 89.4 cm³/mol. The third kappa shape index (κ3) is 6.67. The van der Waals surface area contributed by atoms with Gasteiger partial charge in [0, 0.05) is 0 Å². The van der Waals surface area contributed by atoms with E-state index in [1.165, 1.54) is 5.56 Å². The molecule has 1 aromatic rings. The molecule has 1 unspecified atom stereocenters. The second-order valence-electron chi connectivity index (χ2n) is 5.69. The van der Waals surface area contributed by atoms with Gasteiger partial charge in [0.25, 0.3) is 0 Å². The molecule has 0 aliphatic carbocycles. The zero-order valence-electron chi connectivity index (χ0n) is 13.8. The van der Waals surface area contributed by atoms with Gasteiger partial charge in [0.05, 0.1) is 12.8 Å². The molecule has 0 bridgehead atoms. The van der Waals surface area contributed by atoms with Gasteiger partial charge in [0.2, 0.25) is 0 Å². The molecular formula is C17H29O3P. The average molecular weight is 312 g/mol. The van der Waals surface area contributed by atoms with Crippen LogP contribution in [-0.2, 0) is 9.09 Å². The Morgan fingerprint density at radius 3 is 2.19 bits per heavy atom. The van der Waals surface area contributed by atoms with Crippen LogP contribution in [-0.4, -0.2) is 12.8 Å². The van der Waals surface area contributed by atoms with E-state index in [0.717, 1.165) is 25.7 Å². The highest BCUT2D eigenvalue weighted by Gasteiger charge is 2.25. The molecule has 0 saturated heterocycles. The predicted octanol–water partition coefficient (Wildman–Crippen LogP) is 6.00. The van der Waals surface area contributed by atoms with Crippen molar-refractivity contribution in [2.75, 3.05) is 12.8 Å². The van der Waals surface area contributed by atoms with E-state index in [4.69, 9.17) is 9.05 Å². The van der Waals surface area contributed by atoms with Gasteiger partial charge in [-0.05, 0) is 36.5 Å². The fourth-order valence-corrected chi connectivity index (χ4v) is 3.74. The van der Waals surface area contributed by atoms with E-state index in [1.54, 1.807) is 0 Å². The molecule has 4 heteroatoms. The van der Waals surface area contributed by atoms with Crippen molar-refractivity contribution >= 4 is 7.60 Å². The summed E-state index contributed by atoms with van der Waals surface area (Å²) >= 11 is 0. The Hall–Kier alpha value is -0.790. The fourth-order valence-electron chi connectivity index (χ4n) is 1.91. The first-order valence-corrected chi connectivity index (χ1v) is 9.76. The number of hydrogen-bond donors (Lipinski definition) is 0. The summed E-state index contributed by atoms with van der Waals surface area (Å²) in [5.74, 6) is 1.11. The molecule has 1 rings (SSSR count). The van der Waals surface area contributed by atoms with Crippen LogP contribution in [0.2, 0.25) is 0 Å². The molecule has 0 amide bonds. The molecule has 120 valence electrons. The zero-order valence-corrected chi connectivity index (χ0v) is 14.7. The number of unbranched alkanes of at least 4 members (excludes halogenated alkanes) is 2. The molecule has 0 N–H and O–H groups in total. The van der Waals surface area contributed by atoms with Gasteiger partial charge in [-0.1, -0.05) is 52.7 Å². The Kier molecular flexibility index (Phi) is 8.06. The van der Waals surface area contributed by atoms with Crippen molar-refractivity contribution in [1.29, 1.82) is 0 Å². The third-order valence-corrected chi connectivity index (χ3v) is 5.29. The first kappa shape index (κ1) is 18.3. The van der Waals surface area contributed by atoms with Crippen LogP contribution in [0.25, 0.3) is 0 Å². The van der Waals surface area contributed by atoms with Gasteiger partial charge in [-0.15, -0.1) is 0 Å². The van der Waals surface area contributed by atoms with E-state index in [0.29, 0.717) is 24.4 Å². The highest BCUT2D eigenvalue weighted by molar-refractivity contribution is 7.54. The quantitative estimate of drug-likeness (QED) is 0.392. The Bertz CT molecular complexity index is 440. The van der Waals surface area contributed by atoms with E-state index < -0.39 is 7.60 Å². The maximum atomic E-state index is 12.8. The van der Waals surface area contributed by atoms with Crippen molar-refractivity contribution in [1.82, 2.24) is 0 Å². The summed E-state index contributed by atoms with van der Waals surface area (Å²) in [6, 6.07) is 7.82. The molecule has 0 spiro atoms. The molecule has 1 atom stereocenters. The van der Waals surface area contributed by atoms with Gasteiger partial charge >= 0.3 is 7.60 Å². The lowest BCUT2D eigenvalue weighted by Gasteiger charge is -2.19. The summed E-state index contributed by atoms with van der Waals surface area (Å²) in [6.07, 6.45) is 4.26. The summed E-state index contributed by atoms with van der Waals surface area (Å²) in [6.45, 7) is 8.97. The number of benzene rings is 1. The van der Waals surface area contributed by atoms with Gasteiger partial charge in [0.1, 0.15) is 5.75 Å². The highest BCUT2D eigenvalue weighted by atomic mass is 31.2. The van der Waals surface area contributed by atoms with Crippen LogP contribution in [0.15, 0.2) is 24.3 Å². The molecule has 21 heavy (non-hydrogen) atoms. The normalized spacial score (nSPS) is 14.1. The third-order valence-electron chi connectivity index (χ3n) is 3.36. The van der Waals surface area contributed by atoms with E-state index in [9.17, 15) is 4.57 Å².